The highest BCUT2D eigenvalue weighted by Gasteiger charge is 2.12. The number of carbonyl (C=O) groups excluding carboxylic acids is 1. The topological polar surface area (TPSA) is 85.7 Å². The van der Waals surface area contributed by atoms with Crippen LogP contribution in [-0.2, 0) is 4.79 Å². The van der Waals surface area contributed by atoms with Crippen molar-refractivity contribution in [2.24, 2.45) is 5.10 Å². The summed E-state index contributed by atoms with van der Waals surface area (Å²) in [5.41, 5.74) is 4.39. The van der Waals surface area contributed by atoms with Crippen molar-refractivity contribution < 1.29 is 14.3 Å². The van der Waals surface area contributed by atoms with Gasteiger partial charge in [-0.2, -0.15) is 5.10 Å². The van der Waals surface area contributed by atoms with Crippen LogP contribution in [0, 0.1) is 6.92 Å². The molecular weight excluding hydrogens is 432 g/mol. The first kappa shape index (κ1) is 22.8. The number of nitrogens with one attached hydrogen (secondary N) is 1. The molecule has 1 amide bonds. The number of rotatable bonds is 10. The highest BCUT2D eigenvalue weighted by atomic mass is 32.2. The third kappa shape index (κ3) is 7.08. The Bertz CT molecular complexity index is 1020. The number of hydrogen-bond donors (Lipinski definition) is 1. The molecule has 0 aliphatic heterocycles. The Morgan fingerprint density at radius 1 is 1.23 bits per heavy atom. The Labute approximate surface area is 189 Å². The molecule has 1 atom stereocenters. The van der Waals surface area contributed by atoms with Gasteiger partial charge in [-0.1, -0.05) is 53.4 Å². The van der Waals surface area contributed by atoms with Crippen LogP contribution in [0.15, 0.2) is 58.0 Å². The monoisotopic (exact) mass is 456 g/mol. The second-order valence-electron chi connectivity index (χ2n) is 6.48. The molecule has 0 aliphatic rings. The van der Waals surface area contributed by atoms with Crippen LogP contribution in [0.1, 0.15) is 36.1 Å². The van der Waals surface area contributed by atoms with Crippen LogP contribution in [0.5, 0.6) is 11.5 Å². The molecule has 0 saturated heterocycles. The van der Waals surface area contributed by atoms with Crippen molar-refractivity contribution in [2.75, 3.05) is 12.4 Å². The Hall–Kier alpha value is -2.91. The van der Waals surface area contributed by atoms with E-state index < -0.39 is 0 Å². The summed E-state index contributed by atoms with van der Waals surface area (Å²) in [6, 6.07) is 15.6. The normalized spacial score (nSPS) is 12.0. The zero-order valence-corrected chi connectivity index (χ0v) is 19.2. The maximum Gasteiger partial charge on any atom is 0.250 e. The van der Waals surface area contributed by atoms with Crippen LogP contribution in [0.4, 0.5) is 0 Å². The van der Waals surface area contributed by atoms with E-state index in [0.717, 1.165) is 20.5 Å². The molecule has 0 bridgehead atoms. The van der Waals surface area contributed by atoms with E-state index in [1.807, 2.05) is 69.3 Å². The van der Waals surface area contributed by atoms with Crippen LogP contribution in [-0.4, -0.2) is 34.7 Å². The second kappa shape index (κ2) is 11.5. The molecule has 0 aliphatic carbocycles. The van der Waals surface area contributed by atoms with Crippen LogP contribution < -0.4 is 14.9 Å². The van der Waals surface area contributed by atoms with Crippen molar-refractivity contribution in [3.8, 4) is 11.5 Å². The van der Waals surface area contributed by atoms with Crippen LogP contribution >= 0.6 is 23.1 Å². The maximum absolute atomic E-state index is 12.0. The SMILES string of the molecule is CCOc1cc(/C=N\NC(=O)CSc2nnc(C)s2)ccc1O[C@@H](C)c1ccccc1. The number of amides is 1. The van der Waals surface area contributed by atoms with E-state index in [0.29, 0.717) is 18.1 Å². The van der Waals surface area contributed by atoms with E-state index >= 15 is 0 Å². The lowest BCUT2D eigenvalue weighted by Gasteiger charge is -2.18. The number of aromatic nitrogens is 2. The standard InChI is InChI=1S/C22H24N4O3S2/c1-4-28-20-12-17(10-11-19(20)29-15(2)18-8-6-5-7-9-18)13-23-25-21(27)14-30-22-26-24-16(3)31-22/h5-13,15H,4,14H2,1-3H3,(H,25,27)/b23-13-/t15-/m0/s1. The Morgan fingerprint density at radius 2 is 2.03 bits per heavy atom. The molecule has 3 aromatic rings. The molecule has 3 rings (SSSR count). The Morgan fingerprint density at radius 3 is 2.74 bits per heavy atom. The Kier molecular flexibility index (Phi) is 8.43. The summed E-state index contributed by atoms with van der Waals surface area (Å²) in [4.78, 5) is 12.0. The summed E-state index contributed by atoms with van der Waals surface area (Å²) in [6.07, 6.45) is 1.46. The first-order valence-electron chi connectivity index (χ1n) is 9.78. The average molecular weight is 457 g/mol. The number of hydrazone groups is 1. The number of benzene rings is 2. The fourth-order valence-corrected chi connectivity index (χ4v) is 4.24. The minimum absolute atomic E-state index is 0.117. The molecule has 7 nitrogen and oxygen atoms in total. The summed E-state index contributed by atoms with van der Waals surface area (Å²) < 4.78 is 12.6. The summed E-state index contributed by atoms with van der Waals surface area (Å²) in [5, 5.41) is 12.8. The van der Waals surface area contributed by atoms with E-state index in [4.69, 9.17) is 9.47 Å². The van der Waals surface area contributed by atoms with Gasteiger partial charge in [-0.05, 0) is 50.1 Å². The quantitative estimate of drug-likeness (QED) is 0.272. The molecule has 0 spiro atoms. The van der Waals surface area contributed by atoms with E-state index in [-0.39, 0.29) is 17.8 Å². The molecular formula is C22H24N4O3S2. The smallest absolute Gasteiger partial charge is 0.250 e. The highest BCUT2D eigenvalue weighted by Crippen LogP contribution is 2.32. The zero-order valence-electron chi connectivity index (χ0n) is 17.6. The van der Waals surface area contributed by atoms with Gasteiger partial charge in [-0.15, -0.1) is 10.2 Å². The fraction of sp³-hybridized carbons (Fsp3) is 0.273. The molecule has 31 heavy (non-hydrogen) atoms. The van der Waals surface area contributed by atoms with Crippen molar-refractivity contribution in [1.82, 2.24) is 15.6 Å². The van der Waals surface area contributed by atoms with Gasteiger partial charge in [0.2, 0.25) is 0 Å². The third-order valence-corrected chi connectivity index (χ3v) is 6.05. The predicted octanol–water partition coefficient (Wildman–Crippen LogP) is 4.63. The summed E-state index contributed by atoms with van der Waals surface area (Å²) in [6.45, 7) is 6.30. The van der Waals surface area contributed by atoms with Gasteiger partial charge in [0.05, 0.1) is 18.6 Å². The van der Waals surface area contributed by atoms with Crippen molar-refractivity contribution in [3.05, 3.63) is 64.7 Å². The van der Waals surface area contributed by atoms with Crippen molar-refractivity contribution in [2.45, 2.75) is 31.2 Å². The number of ether oxygens (including phenoxy) is 2. The van der Waals surface area contributed by atoms with E-state index in [9.17, 15) is 4.79 Å². The predicted molar refractivity (Wildman–Crippen MR) is 124 cm³/mol. The molecule has 0 radical (unpaired) electrons. The molecule has 162 valence electrons. The Balaban J connectivity index is 1.58. The van der Waals surface area contributed by atoms with Gasteiger partial charge < -0.3 is 9.47 Å². The van der Waals surface area contributed by atoms with Gasteiger partial charge in [0.1, 0.15) is 11.1 Å². The number of thioether (sulfide) groups is 1. The maximum atomic E-state index is 12.0. The van der Waals surface area contributed by atoms with Gasteiger partial charge in [-0.25, -0.2) is 5.43 Å². The van der Waals surface area contributed by atoms with E-state index in [1.54, 1.807) is 6.21 Å². The fourth-order valence-electron chi connectivity index (χ4n) is 2.63. The second-order valence-corrected chi connectivity index (χ2v) is 8.88. The first-order chi connectivity index (χ1) is 15.0. The average Bonchev–Trinajstić information content (AvgIpc) is 3.20. The molecule has 0 saturated carbocycles. The van der Waals surface area contributed by atoms with Crippen molar-refractivity contribution in [3.63, 3.8) is 0 Å². The lowest BCUT2D eigenvalue weighted by Crippen LogP contribution is -2.19. The minimum atomic E-state index is -0.212. The van der Waals surface area contributed by atoms with Gasteiger partial charge in [-0.3, -0.25) is 4.79 Å². The van der Waals surface area contributed by atoms with Gasteiger partial charge in [0.25, 0.3) is 5.91 Å². The molecule has 0 fully saturated rings. The molecule has 1 aromatic heterocycles. The largest absolute Gasteiger partial charge is 0.490 e. The third-order valence-electron chi connectivity index (χ3n) is 4.08. The van der Waals surface area contributed by atoms with Gasteiger partial charge in [0, 0.05) is 0 Å². The summed E-state index contributed by atoms with van der Waals surface area (Å²) in [5.74, 6) is 1.29. The van der Waals surface area contributed by atoms with Crippen LogP contribution in [0.2, 0.25) is 0 Å². The van der Waals surface area contributed by atoms with Gasteiger partial charge >= 0.3 is 0 Å². The molecule has 1 heterocycles. The van der Waals surface area contributed by atoms with Crippen molar-refractivity contribution in [1.29, 1.82) is 0 Å². The van der Waals surface area contributed by atoms with E-state index in [2.05, 4.69) is 20.7 Å². The number of carbonyl (C=O) groups is 1. The summed E-state index contributed by atoms with van der Waals surface area (Å²) >= 11 is 2.79. The van der Waals surface area contributed by atoms with Crippen LogP contribution in [0.25, 0.3) is 0 Å². The lowest BCUT2D eigenvalue weighted by atomic mass is 10.1. The molecule has 0 unspecified atom stereocenters. The summed E-state index contributed by atoms with van der Waals surface area (Å²) in [7, 11) is 0. The molecule has 2 aromatic carbocycles. The highest BCUT2D eigenvalue weighted by molar-refractivity contribution is 8.01. The lowest BCUT2D eigenvalue weighted by molar-refractivity contribution is -0.118. The molecule has 9 heteroatoms. The molecule has 1 N–H and O–H groups in total. The first-order valence-corrected chi connectivity index (χ1v) is 11.6. The number of nitrogens with zero attached hydrogens (tertiary/aromatic N) is 3. The van der Waals surface area contributed by atoms with Gasteiger partial charge in [0.15, 0.2) is 15.8 Å². The minimum Gasteiger partial charge on any atom is -0.490 e. The zero-order chi connectivity index (χ0) is 22.1. The number of hydrogen-bond acceptors (Lipinski definition) is 8. The van der Waals surface area contributed by atoms with Crippen LogP contribution in [0.3, 0.4) is 0 Å². The van der Waals surface area contributed by atoms with E-state index in [1.165, 1.54) is 23.1 Å². The van der Waals surface area contributed by atoms with Crippen molar-refractivity contribution >= 4 is 35.2 Å². The number of aryl methyl sites for hydroxylation is 1.